The molecule has 8 heteroatoms. The molecular weight excluding hydrogens is 349 g/mol. The lowest BCUT2D eigenvalue weighted by molar-refractivity contribution is -0.138. The Bertz CT molecular complexity index is 609. The van der Waals surface area contributed by atoms with Gasteiger partial charge in [0, 0.05) is 50.9 Å². The number of carbonyl (C=O) groups is 2. The minimum Gasteiger partial charge on any atom is -0.383 e. The number of hydrogen-bond donors (Lipinski definition) is 1. The molecule has 1 saturated heterocycles. The maximum atomic E-state index is 14.1. The summed E-state index contributed by atoms with van der Waals surface area (Å²) in [6, 6.07) is 3.84. The van der Waals surface area contributed by atoms with E-state index < -0.39 is 11.9 Å². The second-order valence-electron chi connectivity index (χ2n) is 5.99. The van der Waals surface area contributed by atoms with E-state index in [4.69, 9.17) is 16.3 Å². The molecule has 2 rings (SSSR count). The van der Waals surface area contributed by atoms with Gasteiger partial charge in [0.15, 0.2) is 0 Å². The van der Waals surface area contributed by atoms with Crippen molar-refractivity contribution in [3.63, 3.8) is 0 Å². The van der Waals surface area contributed by atoms with Gasteiger partial charge < -0.3 is 15.0 Å². The molecule has 2 amide bonds. The molecule has 1 aromatic carbocycles. The third-order valence-electron chi connectivity index (χ3n) is 4.29. The summed E-state index contributed by atoms with van der Waals surface area (Å²) >= 11 is 6.09. The molecule has 1 fully saturated rings. The molecule has 1 unspecified atom stereocenters. The topological polar surface area (TPSA) is 61.9 Å². The van der Waals surface area contributed by atoms with Crippen molar-refractivity contribution in [2.45, 2.75) is 19.0 Å². The highest BCUT2D eigenvalue weighted by atomic mass is 35.5. The number of likely N-dealkylation sites (N-methyl/N-ethyl adjacent to an activating group) is 1. The fourth-order valence-electron chi connectivity index (χ4n) is 2.73. The molecule has 1 atom stereocenters. The lowest BCUT2D eigenvalue weighted by Gasteiger charge is -2.35. The molecule has 1 heterocycles. The predicted octanol–water partition coefficient (Wildman–Crippen LogP) is 1.27. The number of hydrogen-bond acceptors (Lipinski definition) is 4. The lowest BCUT2D eigenvalue weighted by atomic mass is 10.1. The standard InChI is InChI=1S/C17H23ClFN3O3/c1-21(8-9-25-2)16(23)10-15-17(24)20-6-7-22(15)11-12-13(18)4-3-5-14(12)19/h3-5,15H,6-11H2,1-2H3,(H,20,24). The van der Waals surface area contributed by atoms with Gasteiger partial charge in [0.25, 0.3) is 0 Å². The van der Waals surface area contributed by atoms with Gasteiger partial charge in [-0.3, -0.25) is 14.5 Å². The summed E-state index contributed by atoms with van der Waals surface area (Å²) in [4.78, 5) is 27.9. The Balaban J connectivity index is 2.10. The quantitative estimate of drug-likeness (QED) is 0.784. The smallest absolute Gasteiger partial charge is 0.237 e. The van der Waals surface area contributed by atoms with E-state index in [-0.39, 0.29) is 24.8 Å². The second kappa shape index (κ2) is 9.12. The fourth-order valence-corrected chi connectivity index (χ4v) is 2.96. The molecule has 25 heavy (non-hydrogen) atoms. The minimum atomic E-state index is -0.651. The van der Waals surface area contributed by atoms with Crippen molar-refractivity contribution in [2.75, 3.05) is 40.4 Å². The zero-order valence-electron chi connectivity index (χ0n) is 14.4. The largest absolute Gasteiger partial charge is 0.383 e. The van der Waals surface area contributed by atoms with E-state index in [1.807, 2.05) is 0 Å². The fraction of sp³-hybridized carbons (Fsp3) is 0.529. The van der Waals surface area contributed by atoms with Gasteiger partial charge >= 0.3 is 0 Å². The van der Waals surface area contributed by atoms with Crippen molar-refractivity contribution >= 4 is 23.4 Å². The molecule has 0 aromatic heterocycles. The Morgan fingerprint density at radius 3 is 2.96 bits per heavy atom. The van der Waals surface area contributed by atoms with Crippen molar-refractivity contribution in [2.24, 2.45) is 0 Å². The molecule has 1 aromatic rings. The number of nitrogens with zero attached hydrogens (tertiary/aromatic N) is 2. The van der Waals surface area contributed by atoms with Crippen LogP contribution in [0.2, 0.25) is 5.02 Å². The first-order valence-corrected chi connectivity index (χ1v) is 8.49. The summed E-state index contributed by atoms with van der Waals surface area (Å²) < 4.78 is 19.0. The van der Waals surface area contributed by atoms with Gasteiger partial charge in [0.1, 0.15) is 5.82 Å². The Morgan fingerprint density at radius 2 is 2.28 bits per heavy atom. The van der Waals surface area contributed by atoms with Crippen LogP contribution in [0.3, 0.4) is 0 Å². The summed E-state index contributed by atoms with van der Waals surface area (Å²) in [5.41, 5.74) is 0.337. The normalized spacial score (nSPS) is 18.1. The number of rotatable bonds is 7. The van der Waals surface area contributed by atoms with Crippen LogP contribution in [0.4, 0.5) is 4.39 Å². The minimum absolute atomic E-state index is 0.0259. The molecule has 1 N–H and O–H groups in total. The summed E-state index contributed by atoms with van der Waals surface area (Å²) in [5, 5.41) is 3.08. The van der Waals surface area contributed by atoms with Crippen LogP contribution in [-0.4, -0.2) is 68.1 Å². The molecule has 138 valence electrons. The zero-order chi connectivity index (χ0) is 18.4. The van der Waals surface area contributed by atoms with E-state index >= 15 is 0 Å². The van der Waals surface area contributed by atoms with Crippen molar-refractivity contribution in [1.82, 2.24) is 15.1 Å². The van der Waals surface area contributed by atoms with E-state index in [0.29, 0.717) is 36.8 Å². The number of piperazine rings is 1. The van der Waals surface area contributed by atoms with Gasteiger partial charge in [-0.1, -0.05) is 17.7 Å². The molecule has 0 aliphatic carbocycles. The number of nitrogens with one attached hydrogen (secondary N) is 1. The number of amides is 2. The highest BCUT2D eigenvalue weighted by molar-refractivity contribution is 6.31. The Hall–Kier alpha value is -1.70. The molecule has 0 radical (unpaired) electrons. The maximum absolute atomic E-state index is 14.1. The van der Waals surface area contributed by atoms with Crippen molar-refractivity contribution in [3.8, 4) is 0 Å². The Kier molecular flexibility index (Phi) is 7.16. The van der Waals surface area contributed by atoms with Crippen LogP contribution in [-0.2, 0) is 20.9 Å². The molecule has 0 spiro atoms. The molecule has 1 aliphatic heterocycles. The lowest BCUT2D eigenvalue weighted by Crippen LogP contribution is -2.56. The number of halogens is 2. The van der Waals surface area contributed by atoms with E-state index in [1.54, 1.807) is 25.1 Å². The van der Waals surface area contributed by atoms with Crippen LogP contribution >= 0.6 is 11.6 Å². The van der Waals surface area contributed by atoms with Gasteiger partial charge in [-0.15, -0.1) is 0 Å². The van der Waals surface area contributed by atoms with Crippen molar-refractivity contribution in [1.29, 1.82) is 0 Å². The zero-order valence-corrected chi connectivity index (χ0v) is 15.2. The first kappa shape index (κ1) is 19.6. The van der Waals surface area contributed by atoms with Gasteiger partial charge in [-0.05, 0) is 12.1 Å². The van der Waals surface area contributed by atoms with Crippen LogP contribution < -0.4 is 5.32 Å². The van der Waals surface area contributed by atoms with Crippen molar-refractivity contribution in [3.05, 3.63) is 34.6 Å². The Labute approximate surface area is 151 Å². The van der Waals surface area contributed by atoms with Crippen molar-refractivity contribution < 1.29 is 18.7 Å². The SMILES string of the molecule is COCCN(C)C(=O)CC1C(=O)NCCN1Cc1c(F)cccc1Cl. The van der Waals surface area contributed by atoms with E-state index in [2.05, 4.69) is 5.32 Å². The average Bonchev–Trinajstić information content (AvgIpc) is 2.58. The number of benzene rings is 1. The Morgan fingerprint density at radius 1 is 1.52 bits per heavy atom. The van der Waals surface area contributed by atoms with Gasteiger partial charge in [-0.2, -0.15) is 0 Å². The third-order valence-corrected chi connectivity index (χ3v) is 4.64. The second-order valence-corrected chi connectivity index (χ2v) is 6.40. The first-order chi connectivity index (χ1) is 11.9. The number of carbonyl (C=O) groups excluding carboxylic acids is 2. The predicted molar refractivity (Wildman–Crippen MR) is 92.7 cm³/mol. The van der Waals surface area contributed by atoms with Crippen LogP contribution in [0.25, 0.3) is 0 Å². The van der Waals surface area contributed by atoms with Crippen LogP contribution in [0, 0.1) is 5.82 Å². The maximum Gasteiger partial charge on any atom is 0.237 e. The first-order valence-electron chi connectivity index (χ1n) is 8.11. The molecule has 0 bridgehead atoms. The van der Waals surface area contributed by atoms with Gasteiger partial charge in [-0.25, -0.2) is 4.39 Å². The number of methoxy groups -OCH3 is 1. The molecular formula is C17H23ClFN3O3. The van der Waals surface area contributed by atoms with E-state index in [1.165, 1.54) is 17.0 Å². The highest BCUT2D eigenvalue weighted by Crippen LogP contribution is 2.23. The average molecular weight is 372 g/mol. The molecule has 0 saturated carbocycles. The monoisotopic (exact) mass is 371 g/mol. The van der Waals surface area contributed by atoms with Gasteiger partial charge in [0.2, 0.25) is 11.8 Å². The number of ether oxygens (including phenoxy) is 1. The highest BCUT2D eigenvalue weighted by Gasteiger charge is 2.33. The van der Waals surface area contributed by atoms with E-state index in [0.717, 1.165) is 0 Å². The van der Waals surface area contributed by atoms with Gasteiger partial charge in [0.05, 0.1) is 19.1 Å². The third kappa shape index (κ3) is 5.14. The van der Waals surface area contributed by atoms with E-state index in [9.17, 15) is 14.0 Å². The summed E-state index contributed by atoms with van der Waals surface area (Å²) in [6.45, 7) is 2.03. The van der Waals surface area contributed by atoms with Crippen LogP contribution in [0.1, 0.15) is 12.0 Å². The summed E-state index contributed by atoms with van der Waals surface area (Å²) in [5.74, 6) is -0.809. The van der Waals surface area contributed by atoms with Crippen LogP contribution in [0.15, 0.2) is 18.2 Å². The summed E-state index contributed by atoms with van der Waals surface area (Å²) in [7, 11) is 3.23. The van der Waals surface area contributed by atoms with Crippen LogP contribution in [0.5, 0.6) is 0 Å². The molecule has 1 aliphatic rings. The molecule has 6 nitrogen and oxygen atoms in total. The summed E-state index contributed by atoms with van der Waals surface area (Å²) in [6.07, 6.45) is 0.0259.